The van der Waals surface area contributed by atoms with Gasteiger partial charge >= 0.3 is 0 Å². The van der Waals surface area contributed by atoms with Gasteiger partial charge in [0.25, 0.3) is 0 Å². The summed E-state index contributed by atoms with van der Waals surface area (Å²) in [6, 6.07) is 0. The van der Waals surface area contributed by atoms with E-state index in [1.807, 2.05) is 11.8 Å². The highest BCUT2D eigenvalue weighted by Gasteiger charge is 2.31. The van der Waals surface area contributed by atoms with E-state index in [4.69, 9.17) is 5.73 Å². The summed E-state index contributed by atoms with van der Waals surface area (Å²) in [5.41, 5.74) is 6.33. The Morgan fingerprint density at radius 2 is 2.18 bits per heavy atom. The van der Waals surface area contributed by atoms with Gasteiger partial charge in [-0.15, -0.1) is 0 Å². The zero-order valence-corrected chi connectivity index (χ0v) is 8.25. The Bertz CT molecular complexity index is 110. The molecule has 1 nitrogen and oxygen atoms in total. The minimum atomic E-state index is 0.258. The topological polar surface area (TPSA) is 26.0 Å². The lowest BCUT2D eigenvalue weighted by molar-refractivity contribution is 0.230. The van der Waals surface area contributed by atoms with Crippen molar-refractivity contribution in [1.82, 2.24) is 0 Å². The van der Waals surface area contributed by atoms with E-state index in [2.05, 4.69) is 6.92 Å². The number of thioether (sulfide) groups is 1. The molecule has 2 N–H and O–H groups in total. The summed E-state index contributed by atoms with van der Waals surface area (Å²) in [5, 5.41) is 0. The van der Waals surface area contributed by atoms with Crippen molar-refractivity contribution in [3.05, 3.63) is 0 Å². The van der Waals surface area contributed by atoms with Crippen LogP contribution in [0.1, 0.15) is 39.0 Å². The first kappa shape index (κ1) is 9.40. The van der Waals surface area contributed by atoms with E-state index in [0.29, 0.717) is 0 Å². The lowest BCUT2D eigenvalue weighted by Gasteiger charge is -2.38. The molecule has 1 aliphatic carbocycles. The van der Waals surface area contributed by atoms with Crippen LogP contribution in [0.5, 0.6) is 0 Å². The number of rotatable bonds is 5. The molecule has 0 atom stereocenters. The minimum Gasteiger partial charge on any atom is -0.325 e. The normalized spacial score (nSPS) is 21.3. The van der Waals surface area contributed by atoms with Gasteiger partial charge in [-0.1, -0.05) is 6.92 Å². The first-order valence-corrected chi connectivity index (χ1v) is 5.79. The van der Waals surface area contributed by atoms with Gasteiger partial charge in [0.15, 0.2) is 0 Å². The average Bonchev–Trinajstić information content (AvgIpc) is 1.95. The smallest absolute Gasteiger partial charge is 0.0154 e. The van der Waals surface area contributed by atoms with Crippen LogP contribution < -0.4 is 5.73 Å². The minimum absolute atomic E-state index is 0.258. The molecule has 1 fully saturated rings. The molecule has 0 saturated heterocycles. The van der Waals surface area contributed by atoms with Crippen molar-refractivity contribution in [3.63, 3.8) is 0 Å². The van der Waals surface area contributed by atoms with E-state index in [-0.39, 0.29) is 5.54 Å². The van der Waals surface area contributed by atoms with Crippen molar-refractivity contribution in [2.75, 3.05) is 11.5 Å². The molecule has 0 aromatic rings. The zero-order valence-electron chi connectivity index (χ0n) is 7.44. The summed E-state index contributed by atoms with van der Waals surface area (Å²) in [7, 11) is 0. The number of nitrogens with two attached hydrogens (primary N) is 1. The quantitative estimate of drug-likeness (QED) is 0.646. The summed E-state index contributed by atoms with van der Waals surface area (Å²) in [6.45, 7) is 2.21. The van der Waals surface area contributed by atoms with Crippen LogP contribution in [0, 0.1) is 0 Å². The van der Waals surface area contributed by atoms with Crippen LogP contribution in [0.3, 0.4) is 0 Å². The Kier molecular flexibility index (Phi) is 3.73. The predicted molar refractivity (Wildman–Crippen MR) is 53.0 cm³/mol. The highest BCUT2D eigenvalue weighted by Crippen LogP contribution is 2.33. The molecule has 66 valence electrons. The first-order chi connectivity index (χ1) is 5.27. The van der Waals surface area contributed by atoms with E-state index in [0.717, 1.165) is 0 Å². The molecule has 1 aliphatic rings. The molecule has 0 aromatic heterocycles. The van der Waals surface area contributed by atoms with E-state index < -0.39 is 0 Å². The van der Waals surface area contributed by atoms with Crippen molar-refractivity contribution in [2.45, 2.75) is 44.6 Å². The SMILES string of the molecule is CCSCCCC1(N)CCC1. The third-order valence-corrected chi connectivity index (χ3v) is 3.50. The van der Waals surface area contributed by atoms with Crippen LogP contribution in [0.4, 0.5) is 0 Å². The Hall–Kier alpha value is 0.310. The molecule has 0 heterocycles. The molecular formula is C9H19NS. The molecule has 1 saturated carbocycles. The van der Waals surface area contributed by atoms with Crippen LogP contribution in [0.15, 0.2) is 0 Å². The van der Waals surface area contributed by atoms with Gasteiger partial charge in [0.05, 0.1) is 0 Å². The molecule has 0 spiro atoms. The van der Waals surface area contributed by atoms with Gasteiger partial charge in [0.2, 0.25) is 0 Å². The number of hydrogen-bond donors (Lipinski definition) is 1. The number of hydrogen-bond acceptors (Lipinski definition) is 2. The summed E-state index contributed by atoms with van der Waals surface area (Å²) in [4.78, 5) is 0. The van der Waals surface area contributed by atoms with Gasteiger partial charge in [-0.3, -0.25) is 0 Å². The van der Waals surface area contributed by atoms with Gasteiger partial charge in [-0.2, -0.15) is 11.8 Å². The maximum atomic E-state index is 6.08. The highest BCUT2D eigenvalue weighted by atomic mass is 32.2. The fraction of sp³-hybridized carbons (Fsp3) is 1.00. The second-order valence-corrected chi connectivity index (χ2v) is 4.91. The summed E-state index contributed by atoms with van der Waals surface area (Å²) in [6.07, 6.45) is 6.46. The van der Waals surface area contributed by atoms with E-state index in [1.165, 1.54) is 43.6 Å². The molecule has 1 rings (SSSR count). The predicted octanol–water partition coefficient (Wildman–Crippen LogP) is 2.40. The molecule has 0 aliphatic heterocycles. The Morgan fingerprint density at radius 3 is 2.64 bits per heavy atom. The largest absolute Gasteiger partial charge is 0.325 e. The average molecular weight is 173 g/mol. The molecular weight excluding hydrogens is 154 g/mol. The lowest BCUT2D eigenvalue weighted by Crippen LogP contribution is -2.46. The second kappa shape index (κ2) is 4.36. The van der Waals surface area contributed by atoms with Crippen molar-refractivity contribution < 1.29 is 0 Å². The van der Waals surface area contributed by atoms with Crippen LogP contribution in [0.25, 0.3) is 0 Å². The monoisotopic (exact) mass is 173 g/mol. The fourth-order valence-corrected chi connectivity index (χ4v) is 2.19. The van der Waals surface area contributed by atoms with Crippen LogP contribution >= 0.6 is 11.8 Å². The third kappa shape index (κ3) is 3.04. The Labute approximate surface area is 74.1 Å². The Balaban J connectivity index is 1.94. The molecule has 0 aromatic carbocycles. The van der Waals surface area contributed by atoms with E-state index >= 15 is 0 Å². The fourth-order valence-electron chi connectivity index (χ4n) is 1.55. The van der Waals surface area contributed by atoms with Gasteiger partial charge in [-0.05, 0) is 43.6 Å². The van der Waals surface area contributed by atoms with Gasteiger partial charge in [0.1, 0.15) is 0 Å². The van der Waals surface area contributed by atoms with Crippen LogP contribution in [0.2, 0.25) is 0 Å². The maximum Gasteiger partial charge on any atom is 0.0154 e. The second-order valence-electron chi connectivity index (χ2n) is 3.52. The maximum absolute atomic E-state index is 6.08. The third-order valence-electron chi connectivity index (χ3n) is 2.52. The summed E-state index contributed by atoms with van der Waals surface area (Å²) in [5.74, 6) is 2.55. The van der Waals surface area contributed by atoms with Gasteiger partial charge in [-0.25, -0.2) is 0 Å². The first-order valence-electron chi connectivity index (χ1n) is 4.63. The summed E-state index contributed by atoms with van der Waals surface area (Å²) < 4.78 is 0. The van der Waals surface area contributed by atoms with Crippen molar-refractivity contribution in [3.8, 4) is 0 Å². The van der Waals surface area contributed by atoms with Crippen LogP contribution in [-0.4, -0.2) is 17.0 Å². The van der Waals surface area contributed by atoms with Gasteiger partial charge in [0, 0.05) is 5.54 Å². The standard InChI is InChI=1S/C9H19NS/c1-2-11-8-4-7-9(10)5-3-6-9/h2-8,10H2,1H3. The van der Waals surface area contributed by atoms with Crippen molar-refractivity contribution in [1.29, 1.82) is 0 Å². The van der Waals surface area contributed by atoms with Gasteiger partial charge < -0.3 is 5.73 Å². The molecule has 0 bridgehead atoms. The Morgan fingerprint density at radius 1 is 1.45 bits per heavy atom. The lowest BCUT2D eigenvalue weighted by atomic mass is 9.75. The van der Waals surface area contributed by atoms with Crippen LogP contribution in [-0.2, 0) is 0 Å². The molecule has 0 unspecified atom stereocenters. The molecule has 0 radical (unpaired) electrons. The molecule has 11 heavy (non-hydrogen) atoms. The van der Waals surface area contributed by atoms with E-state index in [1.54, 1.807) is 0 Å². The highest BCUT2D eigenvalue weighted by molar-refractivity contribution is 7.99. The molecule has 2 heteroatoms. The van der Waals surface area contributed by atoms with Crippen molar-refractivity contribution in [2.24, 2.45) is 5.73 Å². The van der Waals surface area contributed by atoms with E-state index in [9.17, 15) is 0 Å². The van der Waals surface area contributed by atoms with Crippen molar-refractivity contribution >= 4 is 11.8 Å². The zero-order chi connectivity index (χ0) is 8.16. The summed E-state index contributed by atoms with van der Waals surface area (Å²) >= 11 is 2.03. The molecule has 0 amide bonds.